The Kier molecular flexibility index (Phi) is 9.05. The molecule has 0 unspecified atom stereocenters. The summed E-state index contributed by atoms with van der Waals surface area (Å²) in [7, 11) is 0. The molecule has 3 rings (SSSR count). The molecular formula is C27H39NO. The van der Waals surface area contributed by atoms with Gasteiger partial charge in [-0.2, -0.15) is 0 Å². The minimum Gasteiger partial charge on any atom is -0.494 e. The summed E-state index contributed by atoms with van der Waals surface area (Å²) in [6.07, 6.45) is 17.5. The number of rotatable bonds is 11. The molecule has 1 fully saturated rings. The van der Waals surface area contributed by atoms with E-state index in [1.54, 1.807) is 0 Å². The Labute approximate surface area is 178 Å². The molecule has 2 aromatic rings. The van der Waals surface area contributed by atoms with Crippen LogP contribution in [0.2, 0.25) is 0 Å². The van der Waals surface area contributed by atoms with E-state index in [2.05, 4.69) is 37.4 Å². The number of hydrogen-bond acceptors (Lipinski definition) is 2. The number of ether oxygens (including phenoxy) is 1. The van der Waals surface area contributed by atoms with Crippen molar-refractivity contribution in [2.24, 2.45) is 11.8 Å². The molecule has 1 aliphatic rings. The van der Waals surface area contributed by atoms with Crippen molar-refractivity contribution in [3.8, 4) is 17.0 Å². The number of hydrogen-bond donors (Lipinski definition) is 0. The van der Waals surface area contributed by atoms with Crippen LogP contribution < -0.4 is 4.74 Å². The lowest BCUT2D eigenvalue weighted by Crippen LogP contribution is -2.15. The van der Waals surface area contributed by atoms with E-state index in [0.717, 1.165) is 28.8 Å². The molecule has 2 nitrogen and oxygen atoms in total. The number of aryl methyl sites for hydroxylation is 1. The summed E-state index contributed by atoms with van der Waals surface area (Å²) in [6, 6.07) is 12.7. The first kappa shape index (κ1) is 21.9. The van der Waals surface area contributed by atoms with Gasteiger partial charge in [0.15, 0.2) is 0 Å². The molecule has 158 valence electrons. The van der Waals surface area contributed by atoms with Gasteiger partial charge in [-0.3, -0.25) is 4.98 Å². The van der Waals surface area contributed by atoms with Crippen LogP contribution in [0.15, 0.2) is 42.6 Å². The first-order valence-corrected chi connectivity index (χ1v) is 12.0. The SMILES string of the molecule is CCCCCCC1CCC(CCc2ccc(-c3ccc(OCC)cc3)nc2)CC1. The second-order valence-electron chi connectivity index (χ2n) is 8.78. The van der Waals surface area contributed by atoms with Crippen LogP contribution >= 0.6 is 0 Å². The Hall–Kier alpha value is -1.83. The fraction of sp³-hybridized carbons (Fsp3) is 0.593. The molecule has 0 N–H and O–H groups in total. The maximum Gasteiger partial charge on any atom is 0.119 e. The number of nitrogens with zero attached hydrogens (tertiary/aromatic N) is 1. The first-order chi connectivity index (χ1) is 14.3. The van der Waals surface area contributed by atoms with E-state index in [1.165, 1.54) is 76.2 Å². The normalized spacial score (nSPS) is 19.2. The van der Waals surface area contributed by atoms with Crippen LogP contribution in [0.5, 0.6) is 5.75 Å². The zero-order valence-electron chi connectivity index (χ0n) is 18.5. The summed E-state index contributed by atoms with van der Waals surface area (Å²) in [4.78, 5) is 4.71. The van der Waals surface area contributed by atoms with E-state index >= 15 is 0 Å². The third-order valence-electron chi connectivity index (χ3n) is 6.56. The fourth-order valence-corrected chi connectivity index (χ4v) is 4.67. The lowest BCUT2D eigenvalue weighted by Gasteiger charge is -2.28. The maximum atomic E-state index is 5.52. The second kappa shape index (κ2) is 12.0. The van der Waals surface area contributed by atoms with E-state index in [9.17, 15) is 0 Å². The zero-order valence-corrected chi connectivity index (χ0v) is 18.5. The number of unbranched alkanes of at least 4 members (excludes halogenated alkanes) is 3. The highest BCUT2D eigenvalue weighted by molar-refractivity contribution is 5.60. The van der Waals surface area contributed by atoms with Crippen molar-refractivity contribution in [2.45, 2.75) is 84.5 Å². The van der Waals surface area contributed by atoms with Crippen LogP contribution in [0, 0.1) is 11.8 Å². The first-order valence-electron chi connectivity index (χ1n) is 12.0. The quantitative estimate of drug-likeness (QED) is 0.362. The molecule has 0 bridgehead atoms. The lowest BCUT2D eigenvalue weighted by atomic mass is 9.78. The lowest BCUT2D eigenvalue weighted by molar-refractivity contribution is 0.249. The molecular weight excluding hydrogens is 354 g/mol. The minimum absolute atomic E-state index is 0.701. The Morgan fingerprint density at radius 2 is 1.55 bits per heavy atom. The van der Waals surface area contributed by atoms with Gasteiger partial charge < -0.3 is 4.74 Å². The highest BCUT2D eigenvalue weighted by Crippen LogP contribution is 2.34. The molecule has 0 saturated heterocycles. The van der Waals surface area contributed by atoms with Crippen molar-refractivity contribution in [1.29, 1.82) is 0 Å². The molecule has 0 atom stereocenters. The molecule has 1 aromatic carbocycles. The zero-order chi connectivity index (χ0) is 20.3. The van der Waals surface area contributed by atoms with Crippen LogP contribution in [-0.4, -0.2) is 11.6 Å². The third kappa shape index (κ3) is 7.17. The molecule has 2 heteroatoms. The summed E-state index contributed by atoms with van der Waals surface area (Å²) in [5.41, 5.74) is 3.57. The van der Waals surface area contributed by atoms with Crippen molar-refractivity contribution < 1.29 is 4.74 Å². The number of aromatic nitrogens is 1. The van der Waals surface area contributed by atoms with E-state index in [-0.39, 0.29) is 0 Å². The predicted octanol–water partition coefficient (Wildman–Crippen LogP) is 7.86. The molecule has 1 aromatic heterocycles. The molecule has 0 amide bonds. The fourth-order valence-electron chi connectivity index (χ4n) is 4.67. The monoisotopic (exact) mass is 393 g/mol. The second-order valence-corrected chi connectivity index (χ2v) is 8.78. The summed E-state index contributed by atoms with van der Waals surface area (Å²) in [5, 5.41) is 0. The van der Waals surface area contributed by atoms with Crippen LogP contribution in [0.4, 0.5) is 0 Å². The topological polar surface area (TPSA) is 22.1 Å². The average molecular weight is 394 g/mol. The largest absolute Gasteiger partial charge is 0.494 e. The maximum absolute atomic E-state index is 5.52. The van der Waals surface area contributed by atoms with Crippen LogP contribution in [0.25, 0.3) is 11.3 Å². The minimum atomic E-state index is 0.701. The van der Waals surface area contributed by atoms with Gasteiger partial charge in [0.05, 0.1) is 12.3 Å². The van der Waals surface area contributed by atoms with Crippen molar-refractivity contribution in [1.82, 2.24) is 4.98 Å². The van der Waals surface area contributed by atoms with Crippen molar-refractivity contribution in [2.75, 3.05) is 6.61 Å². The summed E-state index contributed by atoms with van der Waals surface area (Å²) in [5.74, 6) is 2.86. The van der Waals surface area contributed by atoms with Crippen LogP contribution in [0.3, 0.4) is 0 Å². The van der Waals surface area contributed by atoms with Gasteiger partial charge in [0, 0.05) is 11.8 Å². The molecule has 0 radical (unpaired) electrons. The highest BCUT2D eigenvalue weighted by Gasteiger charge is 2.20. The van der Waals surface area contributed by atoms with Gasteiger partial charge in [-0.25, -0.2) is 0 Å². The van der Waals surface area contributed by atoms with E-state index in [4.69, 9.17) is 9.72 Å². The van der Waals surface area contributed by atoms with E-state index in [0.29, 0.717) is 6.61 Å². The summed E-state index contributed by atoms with van der Waals surface area (Å²) in [6.45, 7) is 5.01. The van der Waals surface area contributed by atoms with E-state index < -0.39 is 0 Å². The molecule has 29 heavy (non-hydrogen) atoms. The number of pyridine rings is 1. The highest BCUT2D eigenvalue weighted by atomic mass is 16.5. The van der Waals surface area contributed by atoms with Gasteiger partial charge >= 0.3 is 0 Å². The van der Waals surface area contributed by atoms with Crippen molar-refractivity contribution >= 4 is 0 Å². The van der Waals surface area contributed by atoms with Gasteiger partial charge in [0.2, 0.25) is 0 Å². The smallest absolute Gasteiger partial charge is 0.119 e. The Morgan fingerprint density at radius 1 is 0.828 bits per heavy atom. The van der Waals surface area contributed by atoms with Crippen molar-refractivity contribution in [3.05, 3.63) is 48.2 Å². The Morgan fingerprint density at radius 3 is 2.17 bits per heavy atom. The summed E-state index contributed by atoms with van der Waals surface area (Å²) < 4.78 is 5.52. The Balaban J connectivity index is 1.39. The van der Waals surface area contributed by atoms with Gasteiger partial charge in [-0.15, -0.1) is 0 Å². The standard InChI is InChI=1S/C27H39NO/c1-3-5-6-7-8-22-9-11-23(12-10-22)13-14-24-15-20-27(28-21-24)25-16-18-26(19-17-25)29-4-2/h15-23H,3-14H2,1-2H3. The third-order valence-corrected chi connectivity index (χ3v) is 6.56. The predicted molar refractivity (Wildman–Crippen MR) is 123 cm³/mol. The molecule has 1 heterocycles. The van der Waals surface area contributed by atoms with Crippen LogP contribution in [-0.2, 0) is 6.42 Å². The van der Waals surface area contributed by atoms with E-state index in [1.807, 2.05) is 19.1 Å². The van der Waals surface area contributed by atoms with Gasteiger partial charge in [0.25, 0.3) is 0 Å². The van der Waals surface area contributed by atoms with Gasteiger partial charge in [-0.1, -0.05) is 70.8 Å². The molecule has 0 aliphatic heterocycles. The van der Waals surface area contributed by atoms with Gasteiger partial charge in [-0.05, 0) is 67.5 Å². The Bertz CT molecular complexity index is 683. The van der Waals surface area contributed by atoms with Gasteiger partial charge in [0.1, 0.15) is 5.75 Å². The molecule has 0 spiro atoms. The molecule has 1 saturated carbocycles. The van der Waals surface area contributed by atoms with Crippen LogP contribution in [0.1, 0.15) is 83.6 Å². The van der Waals surface area contributed by atoms with Crippen molar-refractivity contribution in [3.63, 3.8) is 0 Å². The number of benzene rings is 1. The summed E-state index contributed by atoms with van der Waals surface area (Å²) >= 11 is 0. The average Bonchev–Trinajstić information content (AvgIpc) is 2.77. The molecule has 1 aliphatic carbocycles.